The monoisotopic (exact) mass is 229 g/mol. The molecule has 0 saturated carbocycles. The Bertz CT molecular complexity index is 331. The van der Waals surface area contributed by atoms with Crippen molar-refractivity contribution in [3.63, 3.8) is 0 Å². The number of hydrogen-bond acceptors (Lipinski definition) is 3. The molecule has 0 spiro atoms. The predicted octanol–water partition coefficient (Wildman–Crippen LogP) is 3.20. The lowest BCUT2D eigenvalue weighted by atomic mass is 10.1. The van der Waals surface area contributed by atoms with E-state index in [9.17, 15) is 4.79 Å². The summed E-state index contributed by atoms with van der Waals surface area (Å²) in [4.78, 5) is 13.6. The van der Waals surface area contributed by atoms with Crippen LogP contribution in [0.15, 0.2) is 6.07 Å². The quantitative estimate of drug-likeness (QED) is 0.726. The summed E-state index contributed by atoms with van der Waals surface area (Å²) in [5, 5.41) is 1.78. The lowest BCUT2D eigenvalue weighted by Crippen LogP contribution is -2.28. The Morgan fingerprint density at radius 1 is 1.36 bits per heavy atom. The summed E-state index contributed by atoms with van der Waals surface area (Å²) in [6.45, 7) is 2.14. The highest BCUT2D eigenvalue weighted by atomic mass is 35.5. The molecule has 2 rings (SSSR count). The first kappa shape index (κ1) is 9.99. The van der Waals surface area contributed by atoms with E-state index in [1.807, 2.05) is 0 Å². The van der Waals surface area contributed by atoms with Crippen LogP contribution in [-0.2, 0) is 0 Å². The van der Waals surface area contributed by atoms with Crippen LogP contribution in [0.1, 0.15) is 28.9 Å². The van der Waals surface area contributed by atoms with Gasteiger partial charge in [-0.1, -0.05) is 11.6 Å². The van der Waals surface area contributed by atoms with Crippen LogP contribution >= 0.6 is 22.9 Å². The van der Waals surface area contributed by atoms with E-state index in [-0.39, 0.29) is 0 Å². The minimum Gasteiger partial charge on any atom is -0.362 e. The van der Waals surface area contributed by atoms with E-state index >= 15 is 0 Å². The zero-order valence-electron chi connectivity index (χ0n) is 7.83. The molecule has 0 amide bonds. The molecule has 0 aromatic carbocycles. The van der Waals surface area contributed by atoms with Gasteiger partial charge in [0.05, 0.1) is 9.90 Å². The second-order valence-corrected chi connectivity index (χ2v) is 4.94. The van der Waals surface area contributed by atoms with Crippen LogP contribution in [-0.4, -0.2) is 19.4 Å². The molecule has 2 nitrogen and oxygen atoms in total. The normalized spacial score (nSPS) is 17.1. The first-order valence-corrected chi connectivity index (χ1v) is 6.00. The van der Waals surface area contributed by atoms with Crippen LogP contribution in [0.2, 0.25) is 5.02 Å². The number of halogens is 1. The third kappa shape index (κ3) is 1.93. The van der Waals surface area contributed by atoms with Gasteiger partial charge in [0.15, 0.2) is 6.29 Å². The molecule has 2 heterocycles. The second kappa shape index (κ2) is 4.32. The molecule has 0 unspecified atom stereocenters. The molecule has 0 bridgehead atoms. The van der Waals surface area contributed by atoms with Crippen molar-refractivity contribution in [2.75, 3.05) is 18.0 Å². The van der Waals surface area contributed by atoms with Gasteiger partial charge in [-0.25, -0.2) is 0 Å². The van der Waals surface area contributed by atoms with Crippen LogP contribution in [0.5, 0.6) is 0 Å². The Morgan fingerprint density at radius 3 is 2.64 bits per heavy atom. The number of nitrogens with zero attached hydrogens (tertiary/aromatic N) is 1. The van der Waals surface area contributed by atoms with E-state index in [2.05, 4.69) is 4.90 Å². The Morgan fingerprint density at radius 2 is 2.07 bits per heavy atom. The molecule has 4 heteroatoms. The standard InChI is InChI=1S/C10H12ClNOS/c11-9-6-8(7-13)14-10(9)12-4-2-1-3-5-12/h6-7H,1-5H2. The summed E-state index contributed by atoms with van der Waals surface area (Å²) in [6.07, 6.45) is 4.62. The number of piperidine rings is 1. The van der Waals surface area contributed by atoms with E-state index in [4.69, 9.17) is 11.6 Å². The molecule has 1 saturated heterocycles. The Hall–Kier alpha value is -0.540. The van der Waals surface area contributed by atoms with Gasteiger partial charge in [-0.05, 0) is 25.3 Å². The molecule has 14 heavy (non-hydrogen) atoms. The van der Waals surface area contributed by atoms with Crippen LogP contribution in [0, 0.1) is 0 Å². The summed E-state index contributed by atoms with van der Waals surface area (Å²) in [5.41, 5.74) is 0. The molecule has 1 aliphatic heterocycles. The maximum atomic E-state index is 10.6. The van der Waals surface area contributed by atoms with Gasteiger partial charge in [-0.2, -0.15) is 0 Å². The fourth-order valence-corrected chi connectivity index (χ4v) is 3.08. The predicted molar refractivity (Wildman–Crippen MR) is 60.8 cm³/mol. The van der Waals surface area contributed by atoms with Crippen LogP contribution in [0.25, 0.3) is 0 Å². The van der Waals surface area contributed by atoms with Crippen molar-refractivity contribution in [3.05, 3.63) is 16.0 Å². The smallest absolute Gasteiger partial charge is 0.160 e. The van der Waals surface area contributed by atoms with Crippen LogP contribution in [0.4, 0.5) is 5.00 Å². The fourth-order valence-electron chi connectivity index (χ4n) is 1.75. The molecule has 0 N–H and O–H groups in total. The third-order valence-electron chi connectivity index (χ3n) is 2.45. The highest BCUT2D eigenvalue weighted by Gasteiger charge is 2.16. The zero-order chi connectivity index (χ0) is 9.97. The Kier molecular flexibility index (Phi) is 3.08. The van der Waals surface area contributed by atoms with Crippen molar-refractivity contribution in [1.29, 1.82) is 0 Å². The first-order chi connectivity index (χ1) is 6.81. The zero-order valence-corrected chi connectivity index (χ0v) is 9.40. The Labute approximate surface area is 92.5 Å². The van der Waals surface area contributed by atoms with Crippen LogP contribution < -0.4 is 4.90 Å². The number of carbonyl (C=O) groups excluding carboxylic acids is 1. The molecule has 0 atom stereocenters. The maximum absolute atomic E-state index is 10.6. The SMILES string of the molecule is O=Cc1cc(Cl)c(N2CCCCC2)s1. The third-order valence-corrected chi connectivity index (χ3v) is 3.97. The summed E-state index contributed by atoms with van der Waals surface area (Å²) in [7, 11) is 0. The van der Waals surface area contributed by atoms with Gasteiger partial charge in [-0.15, -0.1) is 11.3 Å². The van der Waals surface area contributed by atoms with Gasteiger partial charge >= 0.3 is 0 Å². The van der Waals surface area contributed by atoms with Gasteiger partial charge in [0, 0.05) is 13.1 Å². The maximum Gasteiger partial charge on any atom is 0.160 e. The van der Waals surface area contributed by atoms with Crippen molar-refractivity contribution < 1.29 is 4.79 Å². The molecule has 1 aromatic rings. The van der Waals surface area contributed by atoms with E-state index in [1.165, 1.54) is 30.6 Å². The molecule has 1 aromatic heterocycles. The number of aldehydes is 1. The number of thiophene rings is 1. The highest BCUT2D eigenvalue weighted by molar-refractivity contribution is 7.18. The fraction of sp³-hybridized carbons (Fsp3) is 0.500. The average molecular weight is 230 g/mol. The second-order valence-electron chi connectivity index (χ2n) is 3.47. The summed E-state index contributed by atoms with van der Waals surface area (Å²) >= 11 is 7.56. The summed E-state index contributed by atoms with van der Waals surface area (Å²) in [5.74, 6) is 0. The van der Waals surface area contributed by atoms with Gasteiger partial charge < -0.3 is 4.90 Å². The Balaban J connectivity index is 2.20. The highest BCUT2D eigenvalue weighted by Crippen LogP contribution is 2.36. The molecule has 1 aliphatic rings. The first-order valence-electron chi connectivity index (χ1n) is 4.81. The molecule has 1 fully saturated rings. The van der Waals surface area contributed by atoms with E-state index in [0.29, 0.717) is 0 Å². The van der Waals surface area contributed by atoms with Crippen molar-refractivity contribution in [2.24, 2.45) is 0 Å². The summed E-state index contributed by atoms with van der Waals surface area (Å²) in [6, 6.07) is 1.75. The molecular weight excluding hydrogens is 218 g/mol. The van der Waals surface area contributed by atoms with Crippen molar-refractivity contribution in [2.45, 2.75) is 19.3 Å². The number of hydrogen-bond donors (Lipinski definition) is 0. The largest absolute Gasteiger partial charge is 0.362 e. The summed E-state index contributed by atoms with van der Waals surface area (Å²) < 4.78 is 0. The van der Waals surface area contributed by atoms with Crippen LogP contribution in [0.3, 0.4) is 0 Å². The number of anilines is 1. The van der Waals surface area contributed by atoms with E-state index < -0.39 is 0 Å². The topological polar surface area (TPSA) is 20.3 Å². The molecule has 0 aliphatic carbocycles. The van der Waals surface area contributed by atoms with Gasteiger partial charge in [0.1, 0.15) is 5.00 Å². The van der Waals surface area contributed by atoms with Crippen molar-refractivity contribution >= 4 is 34.2 Å². The molecule has 0 radical (unpaired) electrons. The lowest BCUT2D eigenvalue weighted by Gasteiger charge is -2.27. The average Bonchev–Trinajstić information content (AvgIpc) is 2.61. The lowest BCUT2D eigenvalue weighted by molar-refractivity contribution is 0.112. The van der Waals surface area contributed by atoms with Crippen molar-refractivity contribution in [1.82, 2.24) is 0 Å². The number of rotatable bonds is 2. The number of carbonyl (C=O) groups is 1. The van der Waals surface area contributed by atoms with Gasteiger partial charge in [0.25, 0.3) is 0 Å². The van der Waals surface area contributed by atoms with E-state index in [0.717, 1.165) is 34.3 Å². The minimum absolute atomic E-state index is 0.718. The van der Waals surface area contributed by atoms with Crippen molar-refractivity contribution in [3.8, 4) is 0 Å². The molecule has 76 valence electrons. The minimum atomic E-state index is 0.718. The van der Waals surface area contributed by atoms with Gasteiger partial charge in [0.2, 0.25) is 0 Å². The van der Waals surface area contributed by atoms with Gasteiger partial charge in [-0.3, -0.25) is 4.79 Å². The van der Waals surface area contributed by atoms with E-state index in [1.54, 1.807) is 6.07 Å². The molecular formula is C10H12ClNOS.